The van der Waals surface area contributed by atoms with Crippen molar-refractivity contribution in [3.05, 3.63) is 41.4 Å². The van der Waals surface area contributed by atoms with E-state index in [0.717, 1.165) is 0 Å². The van der Waals surface area contributed by atoms with Crippen molar-refractivity contribution in [1.29, 1.82) is 0 Å². The highest BCUT2D eigenvalue weighted by molar-refractivity contribution is 6.32. The molecule has 2 N–H and O–H groups in total. The summed E-state index contributed by atoms with van der Waals surface area (Å²) in [6.07, 6.45) is 0.272. The van der Waals surface area contributed by atoms with Crippen molar-refractivity contribution in [2.24, 2.45) is 0 Å². The van der Waals surface area contributed by atoms with Crippen molar-refractivity contribution in [1.82, 2.24) is 0 Å². The number of hydrogen-bond donors (Lipinski definition) is 2. The Bertz CT molecular complexity index is 752. The van der Waals surface area contributed by atoms with Gasteiger partial charge in [0.25, 0.3) is 0 Å². The Morgan fingerprint density at radius 3 is 2.46 bits per heavy atom. The molecule has 6 nitrogen and oxygen atoms in total. The number of amides is 1. The molecule has 140 valence electrons. The smallest absolute Gasteiger partial charge is 0.226 e. The lowest BCUT2D eigenvalue weighted by atomic mass is 10.2. The monoisotopic (exact) mass is 378 g/mol. The van der Waals surface area contributed by atoms with E-state index in [1.807, 2.05) is 31.2 Å². The number of methoxy groups -OCH3 is 2. The van der Waals surface area contributed by atoms with Crippen molar-refractivity contribution in [2.75, 3.05) is 38.0 Å². The number of rotatable bonds is 9. The third kappa shape index (κ3) is 5.20. The van der Waals surface area contributed by atoms with E-state index in [1.165, 1.54) is 0 Å². The van der Waals surface area contributed by atoms with E-state index < -0.39 is 0 Å². The molecule has 0 aliphatic rings. The summed E-state index contributed by atoms with van der Waals surface area (Å²) >= 11 is 6.09. The van der Waals surface area contributed by atoms with Crippen LogP contribution in [0.1, 0.15) is 13.3 Å². The molecule has 0 radical (unpaired) electrons. The molecule has 26 heavy (non-hydrogen) atoms. The molecule has 0 saturated carbocycles. The van der Waals surface area contributed by atoms with Crippen molar-refractivity contribution in [3.8, 4) is 17.2 Å². The van der Waals surface area contributed by atoms with Gasteiger partial charge in [-0.2, -0.15) is 0 Å². The van der Waals surface area contributed by atoms with Gasteiger partial charge in [0.15, 0.2) is 0 Å². The van der Waals surface area contributed by atoms with Crippen LogP contribution >= 0.6 is 11.6 Å². The lowest BCUT2D eigenvalue weighted by Crippen LogP contribution is -2.17. The first-order chi connectivity index (χ1) is 12.6. The summed E-state index contributed by atoms with van der Waals surface area (Å²) in [5, 5.41) is 6.49. The molecule has 2 aromatic rings. The summed E-state index contributed by atoms with van der Waals surface area (Å²) in [5.41, 5.74) is 1.36. The minimum atomic E-state index is -0.121. The normalized spacial score (nSPS) is 10.2. The highest BCUT2D eigenvalue weighted by atomic mass is 35.5. The first kappa shape index (κ1) is 19.7. The maximum atomic E-state index is 12.2. The maximum Gasteiger partial charge on any atom is 0.226 e. The van der Waals surface area contributed by atoms with Crippen LogP contribution in [0.4, 0.5) is 11.4 Å². The SMILES string of the molecule is CCOc1ccccc1NC(=O)CCNc1cc(OC)c(Cl)cc1OC. The lowest BCUT2D eigenvalue weighted by Gasteiger charge is -2.14. The first-order valence-electron chi connectivity index (χ1n) is 8.26. The van der Waals surface area contributed by atoms with Gasteiger partial charge >= 0.3 is 0 Å². The van der Waals surface area contributed by atoms with Crippen LogP contribution < -0.4 is 24.8 Å². The average molecular weight is 379 g/mol. The van der Waals surface area contributed by atoms with Crippen LogP contribution in [0.2, 0.25) is 5.02 Å². The number of hydrogen-bond acceptors (Lipinski definition) is 5. The zero-order chi connectivity index (χ0) is 18.9. The lowest BCUT2D eigenvalue weighted by molar-refractivity contribution is -0.116. The molecule has 0 unspecified atom stereocenters. The Kier molecular flexibility index (Phi) is 7.41. The molecule has 0 heterocycles. The average Bonchev–Trinajstić information content (AvgIpc) is 2.64. The molecule has 1 amide bonds. The number of benzene rings is 2. The van der Waals surface area contributed by atoms with Crippen LogP contribution in [-0.4, -0.2) is 33.3 Å². The fourth-order valence-electron chi connectivity index (χ4n) is 2.37. The standard InChI is InChI=1S/C19H23ClN2O4/c1-4-26-16-8-6-5-7-14(16)22-19(23)9-10-21-15-12-17(24-2)13(20)11-18(15)25-3/h5-8,11-12,21H,4,9-10H2,1-3H3,(H,22,23). The molecule has 2 aromatic carbocycles. The van der Waals surface area contributed by atoms with Gasteiger partial charge in [0.05, 0.1) is 37.2 Å². The van der Waals surface area contributed by atoms with Gasteiger partial charge in [0.2, 0.25) is 5.91 Å². The number of halogens is 1. The minimum absolute atomic E-state index is 0.121. The van der Waals surface area contributed by atoms with Gasteiger partial charge in [-0.1, -0.05) is 23.7 Å². The van der Waals surface area contributed by atoms with Gasteiger partial charge in [0.1, 0.15) is 17.2 Å². The second-order valence-corrected chi connectivity index (χ2v) is 5.75. The number of anilines is 2. The van der Waals surface area contributed by atoms with E-state index in [2.05, 4.69) is 10.6 Å². The van der Waals surface area contributed by atoms with Gasteiger partial charge in [-0.25, -0.2) is 0 Å². The third-order valence-corrected chi connectivity index (χ3v) is 3.90. The summed E-state index contributed by atoms with van der Waals surface area (Å²) in [4.78, 5) is 12.2. The largest absolute Gasteiger partial charge is 0.495 e. The molecule has 2 rings (SSSR count). The molecule has 0 fully saturated rings. The van der Waals surface area contributed by atoms with E-state index in [1.54, 1.807) is 26.4 Å². The highest BCUT2D eigenvalue weighted by Gasteiger charge is 2.11. The zero-order valence-electron chi connectivity index (χ0n) is 15.1. The molecule has 0 aliphatic carbocycles. The second kappa shape index (κ2) is 9.77. The van der Waals surface area contributed by atoms with Crippen molar-refractivity contribution >= 4 is 28.9 Å². The van der Waals surface area contributed by atoms with Gasteiger partial charge in [-0.3, -0.25) is 4.79 Å². The van der Waals surface area contributed by atoms with E-state index in [0.29, 0.717) is 46.8 Å². The third-order valence-electron chi connectivity index (χ3n) is 3.60. The predicted molar refractivity (Wildman–Crippen MR) is 104 cm³/mol. The summed E-state index contributed by atoms with van der Waals surface area (Å²) in [7, 11) is 3.10. The van der Waals surface area contributed by atoms with Crippen LogP contribution in [0.3, 0.4) is 0 Å². The fraction of sp³-hybridized carbons (Fsp3) is 0.316. The molecule has 0 aliphatic heterocycles. The second-order valence-electron chi connectivity index (χ2n) is 5.34. The Balaban J connectivity index is 1.95. The molecule has 7 heteroatoms. The van der Waals surface area contributed by atoms with Crippen LogP contribution in [0.5, 0.6) is 17.2 Å². The molecule has 0 saturated heterocycles. The van der Waals surface area contributed by atoms with E-state index >= 15 is 0 Å². The topological polar surface area (TPSA) is 68.8 Å². The first-order valence-corrected chi connectivity index (χ1v) is 8.63. The number of ether oxygens (including phenoxy) is 3. The van der Waals surface area contributed by atoms with E-state index in [4.69, 9.17) is 25.8 Å². The predicted octanol–water partition coefficient (Wildman–Crippen LogP) is 4.20. The number of carbonyl (C=O) groups is 1. The van der Waals surface area contributed by atoms with E-state index in [9.17, 15) is 4.79 Å². The van der Waals surface area contributed by atoms with Crippen LogP contribution in [0.15, 0.2) is 36.4 Å². The van der Waals surface area contributed by atoms with Gasteiger partial charge in [-0.05, 0) is 19.1 Å². The number of para-hydroxylation sites is 2. The van der Waals surface area contributed by atoms with Crippen molar-refractivity contribution < 1.29 is 19.0 Å². The molecular weight excluding hydrogens is 356 g/mol. The summed E-state index contributed by atoms with van der Waals surface area (Å²) in [5.74, 6) is 1.65. The molecule has 0 bridgehead atoms. The molecule has 0 atom stereocenters. The zero-order valence-corrected chi connectivity index (χ0v) is 15.9. The summed E-state index contributed by atoms with van der Waals surface area (Å²) in [6.45, 7) is 2.85. The van der Waals surface area contributed by atoms with Crippen LogP contribution in [0.25, 0.3) is 0 Å². The molecule has 0 spiro atoms. The van der Waals surface area contributed by atoms with Crippen molar-refractivity contribution in [2.45, 2.75) is 13.3 Å². The van der Waals surface area contributed by atoms with Crippen molar-refractivity contribution in [3.63, 3.8) is 0 Å². The Morgan fingerprint density at radius 2 is 1.77 bits per heavy atom. The quantitative estimate of drug-likeness (QED) is 0.684. The summed E-state index contributed by atoms with van der Waals surface area (Å²) in [6, 6.07) is 10.7. The van der Waals surface area contributed by atoms with Gasteiger partial charge in [-0.15, -0.1) is 0 Å². The van der Waals surface area contributed by atoms with Crippen LogP contribution in [0, 0.1) is 0 Å². The minimum Gasteiger partial charge on any atom is -0.495 e. The summed E-state index contributed by atoms with van der Waals surface area (Å²) < 4.78 is 16.0. The van der Waals surface area contributed by atoms with Gasteiger partial charge < -0.3 is 24.8 Å². The Hall–Kier alpha value is -2.60. The van der Waals surface area contributed by atoms with E-state index in [-0.39, 0.29) is 12.3 Å². The number of nitrogens with one attached hydrogen (secondary N) is 2. The van der Waals surface area contributed by atoms with Gasteiger partial charge in [0, 0.05) is 25.1 Å². The Morgan fingerprint density at radius 1 is 1.04 bits per heavy atom. The molecular formula is C19H23ClN2O4. The maximum absolute atomic E-state index is 12.2. The highest BCUT2D eigenvalue weighted by Crippen LogP contribution is 2.35. The van der Waals surface area contributed by atoms with Crippen LogP contribution in [-0.2, 0) is 4.79 Å². The number of carbonyl (C=O) groups excluding carboxylic acids is 1. The molecule has 0 aromatic heterocycles. The fourth-order valence-corrected chi connectivity index (χ4v) is 2.60. The Labute approximate surface area is 158 Å².